The summed E-state index contributed by atoms with van der Waals surface area (Å²) in [6, 6.07) is 0. The summed E-state index contributed by atoms with van der Waals surface area (Å²) in [4.78, 5) is 9.25. The highest BCUT2D eigenvalue weighted by Gasteiger charge is 2.06. The number of nitrogens with two attached hydrogens (primary N) is 1. The molecule has 0 aliphatic rings. The van der Waals surface area contributed by atoms with Crippen LogP contribution in [0.25, 0.3) is 0 Å². The summed E-state index contributed by atoms with van der Waals surface area (Å²) in [7, 11) is 0. The van der Waals surface area contributed by atoms with Crippen LogP contribution in [-0.2, 0) is 4.79 Å². The highest BCUT2D eigenvalue weighted by atomic mass is 16.4. The fourth-order valence-corrected chi connectivity index (χ4v) is 0.644. The van der Waals surface area contributed by atoms with Crippen molar-refractivity contribution in [2.75, 3.05) is 0 Å². The van der Waals surface area contributed by atoms with E-state index in [2.05, 4.69) is 27.4 Å². The molecule has 0 bridgehead atoms. The number of aliphatic carboxylic acids is 1. The maximum atomic E-state index is 9.25. The summed E-state index contributed by atoms with van der Waals surface area (Å²) >= 11 is 0. The predicted molar refractivity (Wildman–Crippen MR) is 51.0 cm³/mol. The van der Waals surface area contributed by atoms with Crippen LogP contribution in [0.2, 0.25) is 0 Å². The van der Waals surface area contributed by atoms with Crippen LogP contribution in [0.3, 0.4) is 0 Å². The Morgan fingerprint density at radius 1 is 1.67 bits per heavy atom. The SMILES string of the molecule is C=CC(=O)O.CCCC(C)(C)N. The Hall–Kier alpha value is -0.830. The smallest absolute Gasteiger partial charge is 0.327 e. The van der Waals surface area contributed by atoms with Crippen molar-refractivity contribution < 1.29 is 9.90 Å². The number of rotatable bonds is 3. The van der Waals surface area contributed by atoms with Gasteiger partial charge >= 0.3 is 5.97 Å². The van der Waals surface area contributed by atoms with Gasteiger partial charge in [0, 0.05) is 11.6 Å². The van der Waals surface area contributed by atoms with Crippen LogP contribution in [0.1, 0.15) is 33.6 Å². The molecule has 0 aromatic carbocycles. The van der Waals surface area contributed by atoms with Crippen molar-refractivity contribution in [3.05, 3.63) is 12.7 Å². The van der Waals surface area contributed by atoms with E-state index in [9.17, 15) is 4.79 Å². The summed E-state index contributed by atoms with van der Waals surface area (Å²) in [5.41, 5.74) is 5.70. The standard InChI is InChI=1S/C6H15N.C3H4O2/c1-4-5-6(2,3)7;1-2-3(4)5/h4-5,7H2,1-3H3;2H,1H2,(H,4,5). The molecule has 0 rings (SSSR count). The minimum Gasteiger partial charge on any atom is -0.478 e. The number of carbonyl (C=O) groups is 1. The van der Waals surface area contributed by atoms with E-state index in [0.29, 0.717) is 0 Å². The van der Waals surface area contributed by atoms with E-state index in [1.54, 1.807) is 0 Å². The van der Waals surface area contributed by atoms with Crippen LogP contribution in [0.4, 0.5) is 0 Å². The van der Waals surface area contributed by atoms with Crippen molar-refractivity contribution in [2.24, 2.45) is 5.73 Å². The van der Waals surface area contributed by atoms with E-state index in [1.807, 2.05) is 0 Å². The van der Waals surface area contributed by atoms with Gasteiger partial charge in [-0.15, -0.1) is 0 Å². The Labute approximate surface area is 74.3 Å². The van der Waals surface area contributed by atoms with Gasteiger partial charge in [0.05, 0.1) is 0 Å². The normalized spacial score (nSPS) is 9.67. The minimum atomic E-state index is -0.981. The van der Waals surface area contributed by atoms with Crippen LogP contribution < -0.4 is 5.73 Å². The van der Waals surface area contributed by atoms with Crippen molar-refractivity contribution in [3.63, 3.8) is 0 Å². The number of carboxylic acids is 1. The molecule has 0 atom stereocenters. The van der Waals surface area contributed by atoms with E-state index in [0.717, 1.165) is 12.5 Å². The van der Waals surface area contributed by atoms with E-state index in [-0.39, 0.29) is 5.54 Å². The van der Waals surface area contributed by atoms with Gasteiger partial charge in [-0.3, -0.25) is 0 Å². The fraction of sp³-hybridized carbons (Fsp3) is 0.667. The van der Waals surface area contributed by atoms with Gasteiger partial charge < -0.3 is 10.8 Å². The average Bonchev–Trinajstić information content (AvgIpc) is 1.86. The molecule has 12 heavy (non-hydrogen) atoms. The molecular weight excluding hydrogens is 154 g/mol. The molecule has 0 aromatic rings. The van der Waals surface area contributed by atoms with E-state index in [1.165, 1.54) is 6.42 Å². The lowest BCUT2D eigenvalue weighted by molar-refractivity contribution is -0.131. The zero-order chi connectivity index (χ0) is 10.2. The molecule has 0 aliphatic carbocycles. The Morgan fingerprint density at radius 3 is 2.00 bits per heavy atom. The second-order valence-electron chi connectivity index (χ2n) is 3.28. The Kier molecular flexibility index (Phi) is 7.85. The summed E-state index contributed by atoms with van der Waals surface area (Å²) in [5.74, 6) is -0.981. The van der Waals surface area contributed by atoms with Gasteiger partial charge in [-0.05, 0) is 20.3 Å². The number of hydrogen-bond donors (Lipinski definition) is 2. The zero-order valence-electron chi connectivity index (χ0n) is 8.13. The Bertz CT molecular complexity index is 136. The van der Waals surface area contributed by atoms with Crippen LogP contribution >= 0.6 is 0 Å². The first-order valence-electron chi connectivity index (χ1n) is 3.97. The molecule has 0 radical (unpaired) electrons. The Balaban J connectivity index is 0. The zero-order valence-corrected chi connectivity index (χ0v) is 8.13. The monoisotopic (exact) mass is 173 g/mol. The van der Waals surface area contributed by atoms with Crippen LogP contribution in [0.15, 0.2) is 12.7 Å². The summed E-state index contributed by atoms with van der Waals surface area (Å²) < 4.78 is 0. The largest absolute Gasteiger partial charge is 0.478 e. The summed E-state index contributed by atoms with van der Waals surface area (Å²) in [6.07, 6.45) is 3.14. The molecule has 0 heterocycles. The van der Waals surface area contributed by atoms with Gasteiger partial charge in [-0.1, -0.05) is 19.9 Å². The first kappa shape index (κ1) is 13.7. The lowest BCUT2D eigenvalue weighted by atomic mass is 10.0. The fourth-order valence-electron chi connectivity index (χ4n) is 0.644. The second-order valence-corrected chi connectivity index (χ2v) is 3.28. The van der Waals surface area contributed by atoms with E-state index < -0.39 is 5.97 Å². The molecule has 0 spiro atoms. The van der Waals surface area contributed by atoms with Crippen LogP contribution in [0.5, 0.6) is 0 Å². The van der Waals surface area contributed by atoms with Crippen molar-refractivity contribution in [2.45, 2.75) is 39.2 Å². The molecule has 0 fully saturated rings. The first-order valence-corrected chi connectivity index (χ1v) is 3.97. The molecule has 3 heteroatoms. The molecule has 0 aliphatic heterocycles. The Morgan fingerprint density at radius 2 is 2.00 bits per heavy atom. The van der Waals surface area contributed by atoms with Gasteiger partial charge in [-0.2, -0.15) is 0 Å². The van der Waals surface area contributed by atoms with Gasteiger partial charge in [0.1, 0.15) is 0 Å². The first-order chi connectivity index (χ1) is 5.33. The molecule has 3 N–H and O–H groups in total. The molecule has 0 unspecified atom stereocenters. The topological polar surface area (TPSA) is 63.3 Å². The lowest BCUT2D eigenvalue weighted by Gasteiger charge is -2.15. The third-order valence-corrected chi connectivity index (χ3v) is 1.07. The maximum absolute atomic E-state index is 9.25. The van der Waals surface area contributed by atoms with E-state index >= 15 is 0 Å². The maximum Gasteiger partial charge on any atom is 0.327 e. The molecule has 3 nitrogen and oxygen atoms in total. The van der Waals surface area contributed by atoms with E-state index in [4.69, 9.17) is 10.8 Å². The molecule has 0 saturated carbocycles. The van der Waals surface area contributed by atoms with Gasteiger partial charge in [0.2, 0.25) is 0 Å². The minimum absolute atomic E-state index is 0.0503. The average molecular weight is 173 g/mol. The van der Waals surface area contributed by atoms with Crippen molar-refractivity contribution in [3.8, 4) is 0 Å². The van der Waals surface area contributed by atoms with Gasteiger partial charge in [0.15, 0.2) is 0 Å². The molecule has 0 saturated heterocycles. The molecule has 0 aromatic heterocycles. The van der Waals surface area contributed by atoms with Crippen molar-refractivity contribution >= 4 is 5.97 Å². The second kappa shape index (κ2) is 6.85. The summed E-state index contributed by atoms with van der Waals surface area (Å²) in [6.45, 7) is 9.21. The third-order valence-electron chi connectivity index (χ3n) is 1.07. The van der Waals surface area contributed by atoms with Gasteiger partial charge in [0.25, 0.3) is 0 Å². The van der Waals surface area contributed by atoms with Crippen LogP contribution in [-0.4, -0.2) is 16.6 Å². The molecular formula is C9H19NO2. The highest BCUT2D eigenvalue weighted by Crippen LogP contribution is 2.04. The van der Waals surface area contributed by atoms with Crippen LogP contribution in [0, 0.1) is 0 Å². The number of carboxylic acid groups (broad SMARTS) is 1. The van der Waals surface area contributed by atoms with Crippen molar-refractivity contribution in [1.82, 2.24) is 0 Å². The molecule has 72 valence electrons. The molecule has 0 amide bonds. The highest BCUT2D eigenvalue weighted by molar-refractivity contribution is 5.78. The number of hydrogen-bond acceptors (Lipinski definition) is 2. The lowest BCUT2D eigenvalue weighted by Crippen LogP contribution is -2.31. The predicted octanol–water partition coefficient (Wildman–Crippen LogP) is 1.78. The van der Waals surface area contributed by atoms with Crippen molar-refractivity contribution in [1.29, 1.82) is 0 Å². The van der Waals surface area contributed by atoms with Gasteiger partial charge in [-0.25, -0.2) is 4.79 Å². The third kappa shape index (κ3) is 22.9. The summed E-state index contributed by atoms with van der Waals surface area (Å²) in [5, 5.41) is 7.60. The quantitative estimate of drug-likeness (QED) is 0.639.